The summed E-state index contributed by atoms with van der Waals surface area (Å²) in [4.78, 5) is 14.2. The molecule has 98 valence electrons. The molecule has 2 N–H and O–H groups in total. The van der Waals surface area contributed by atoms with Crippen molar-refractivity contribution in [3.63, 3.8) is 0 Å². The van der Waals surface area contributed by atoms with Crippen LogP contribution in [0.15, 0.2) is 18.2 Å². The van der Waals surface area contributed by atoms with Gasteiger partial charge in [0, 0.05) is 18.2 Å². The molecule has 0 saturated heterocycles. The predicted octanol–water partition coefficient (Wildman–Crippen LogP) is 2.29. The highest BCUT2D eigenvalue weighted by Crippen LogP contribution is 2.29. The van der Waals surface area contributed by atoms with E-state index < -0.39 is 0 Å². The lowest BCUT2D eigenvalue weighted by atomic mass is 10.1. The molecule has 1 aromatic rings. The predicted molar refractivity (Wildman–Crippen MR) is 71.8 cm³/mol. The molecule has 0 heterocycles. The third kappa shape index (κ3) is 2.58. The highest BCUT2D eigenvalue weighted by atomic mass is 16.5. The van der Waals surface area contributed by atoms with Gasteiger partial charge in [-0.15, -0.1) is 0 Å². The molecule has 0 radical (unpaired) electrons. The molecule has 0 aliphatic heterocycles. The zero-order valence-corrected chi connectivity index (χ0v) is 11.0. The Labute approximate surface area is 108 Å². The fourth-order valence-corrected chi connectivity index (χ4v) is 2.09. The maximum absolute atomic E-state index is 12.3. The summed E-state index contributed by atoms with van der Waals surface area (Å²) in [7, 11) is 0. The van der Waals surface area contributed by atoms with Gasteiger partial charge in [-0.25, -0.2) is 0 Å². The van der Waals surface area contributed by atoms with Crippen LogP contribution in [-0.2, 0) is 0 Å². The van der Waals surface area contributed by atoms with Crippen LogP contribution in [0.1, 0.15) is 37.0 Å². The van der Waals surface area contributed by atoms with Crippen LogP contribution in [0.4, 0.5) is 5.69 Å². The molecule has 0 spiro atoms. The Morgan fingerprint density at radius 1 is 1.44 bits per heavy atom. The second kappa shape index (κ2) is 5.29. The van der Waals surface area contributed by atoms with Gasteiger partial charge < -0.3 is 15.4 Å². The van der Waals surface area contributed by atoms with E-state index in [9.17, 15) is 4.79 Å². The molecule has 1 fully saturated rings. The van der Waals surface area contributed by atoms with Crippen molar-refractivity contribution >= 4 is 11.6 Å². The number of nitrogens with two attached hydrogens (primary N) is 1. The first kappa shape index (κ1) is 12.7. The average molecular weight is 248 g/mol. The van der Waals surface area contributed by atoms with Crippen LogP contribution in [0.25, 0.3) is 0 Å². The van der Waals surface area contributed by atoms with E-state index >= 15 is 0 Å². The highest BCUT2D eigenvalue weighted by molar-refractivity contribution is 5.95. The van der Waals surface area contributed by atoms with Gasteiger partial charge >= 0.3 is 0 Å². The summed E-state index contributed by atoms with van der Waals surface area (Å²) >= 11 is 0. The number of benzene rings is 1. The maximum Gasteiger partial charge on any atom is 0.254 e. The first-order valence-electron chi connectivity index (χ1n) is 6.50. The number of hydrogen-bond acceptors (Lipinski definition) is 3. The number of amides is 1. The van der Waals surface area contributed by atoms with Gasteiger partial charge in [0.1, 0.15) is 5.75 Å². The zero-order valence-electron chi connectivity index (χ0n) is 11.0. The van der Waals surface area contributed by atoms with Crippen molar-refractivity contribution in [1.29, 1.82) is 0 Å². The molecule has 0 unspecified atom stereocenters. The van der Waals surface area contributed by atoms with Crippen LogP contribution in [-0.4, -0.2) is 30.0 Å². The Morgan fingerprint density at radius 3 is 2.67 bits per heavy atom. The molecule has 1 aliphatic rings. The van der Waals surface area contributed by atoms with Crippen LogP contribution < -0.4 is 10.5 Å². The second-order valence-electron chi connectivity index (χ2n) is 4.51. The minimum atomic E-state index is 0.0646. The lowest BCUT2D eigenvalue weighted by molar-refractivity contribution is 0.0752. The smallest absolute Gasteiger partial charge is 0.254 e. The molecule has 1 aliphatic carbocycles. The molecule has 18 heavy (non-hydrogen) atoms. The summed E-state index contributed by atoms with van der Waals surface area (Å²) in [5, 5.41) is 0. The molecule has 1 aromatic carbocycles. The minimum Gasteiger partial charge on any atom is -0.492 e. The van der Waals surface area contributed by atoms with Crippen molar-refractivity contribution in [1.82, 2.24) is 4.90 Å². The van der Waals surface area contributed by atoms with Crippen LogP contribution in [0.3, 0.4) is 0 Å². The largest absolute Gasteiger partial charge is 0.492 e. The SMILES string of the molecule is CCOc1ccc(C(=O)N(CC)C2CC2)cc1N. The van der Waals surface area contributed by atoms with Crippen molar-refractivity contribution in [3.05, 3.63) is 23.8 Å². The maximum atomic E-state index is 12.3. The first-order valence-corrected chi connectivity index (χ1v) is 6.50. The van der Waals surface area contributed by atoms with Gasteiger partial charge in [-0.05, 0) is 44.9 Å². The van der Waals surface area contributed by atoms with E-state index in [1.54, 1.807) is 18.2 Å². The Balaban J connectivity index is 2.17. The van der Waals surface area contributed by atoms with Gasteiger partial charge in [-0.2, -0.15) is 0 Å². The summed E-state index contributed by atoms with van der Waals surface area (Å²) in [5.41, 5.74) is 7.05. The Morgan fingerprint density at radius 2 is 2.17 bits per heavy atom. The summed E-state index contributed by atoms with van der Waals surface area (Å²) in [5.74, 6) is 0.707. The van der Waals surface area contributed by atoms with Crippen molar-refractivity contribution in [3.8, 4) is 5.75 Å². The molecule has 4 nitrogen and oxygen atoms in total. The topological polar surface area (TPSA) is 55.6 Å². The fraction of sp³-hybridized carbons (Fsp3) is 0.500. The van der Waals surface area contributed by atoms with E-state index in [2.05, 4.69) is 0 Å². The van der Waals surface area contributed by atoms with Gasteiger partial charge in [0.05, 0.1) is 12.3 Å². The van der Waals surface area contributed by atoms with Gasteiger partial charge in [0.15, 0.2) is 0 Å². The molecular weight excluding hydrogens is 228 g/mol. The van der Waals surface area contributed by atoms with Gasteiger partial charge in [0.2, 0.25) is 0 Å². The number of carbonyl (C=O) groups excluding carboxylic acids is 1. The standard InChI is InChI=1S/C14H20N2O2/c1-3-16(11-6-7-11)14(17)10-5-8-13(18-4-2)12(15)9-10/h5,8-9,11H,3-4,6-7,15H2,1-2H3. The Kier molecular flexibility index (Phi) is 3.75. The zero-order chi connectivity index (χ0) is 13.1. The Bertz CT molecular complexity index is 441. The number of anilines is 1. The second-order valence-corrected chi connectivity index (χ2v) is 4.51. The monoisotopic (exact) mass is 248 g/mol. The third-order valence-corrected chi connectivity index (χ3v) is 3.15. The lowest BCUT2D eigenvalue weighted by Gasteiger charge is -2.20. The van der Waals surface area contributed by atoms with E-state index in [-0.39, 0.29) is 5.91 Å². The molecular formula is C14H20N2O2. The quantitative estimate of drug-likeness (QED) is 0.813. The molecule has 0 atom stereocenters. The van der Waals surface area contributed by atoms with Crippen LogP contribution in [0, 0.1) is 0 Å². The molecule has 1 saturated carbocycles. The lowest BCUT2D eigenvalue weighted by Crippen LogP contribution is -2.32. The van der Waals surface area contributed by atoms with Crippen molar-refractivity contribution in [2.75, 3.05) is 18.9 Å². The van der Waals surface area contributed by atoms with Crippen LogP contribution in [0.5, 0.6) is 5.75 Å². The van der Waals surface area contributed by atoms with E-state index in [0.717, 1.165) is 19.4 Å². The molecule has 4 heteroatoms. The summed E-state index contributed by atoms with van der Waals surface area (Å²) in [6.45, 7) is 5.23. The molecule has 1 amide bonds. The fourth-order valence-electron chi connectivity index (χ4n) is 2.09. The molecule has 2 rings (SSSR count). The number of rotatable bonds is 5. The van der Waals surface area contributed by atoms with Gasteiger partial charge in [-0.3, -0.25) is 4.79 Å². The van der Waals surface area contributed by atoms with E-state index in [0.29, 0.717) is 29.6 Å². The van der Waals surface area contributed by atoms with Crippen molar-refractivity contribution in [2.24, 2.45) is 0 Å². The van der Waals surface area contributed by atoms with Crippen molar-refractivity contribution < 1.29 is 9.53 Å². The third-order valence-electron chi connectivity index (χ3n) is 3.15. The van der Waals surface area contributed by atoms with E-state index in [1.165, 1.54) is 0 Å². The summed E-state index contributed by atoms with van der Waals surface area (Å²) in [6, 6.07) is 5.69. The number of carbonyl (C=O) groups is 1. The van der Waals surface area contributed by atoms with E-state index in [4.69, 9.17) is 10.5 Å². The number of nitrogens with zero attached hydrogens (tertiary/aromatic N) is 1. The number of hydrogen-bond donors (Lipinski definition) is 1. The molecule has 0 aromatic heterocycles. The normalized spacial score (nSPS) is 14.3. The van der Waals surface area contributed by atoms with Crippen LogP contribution in [0.2, 0.25) is 0 Å². The average Bonchev–Trinajstić information content (AvgIpc) is 3.17. The Hall–Kier alpha value is -1.71. The van der Waals surface area contributed by atoms with Gasteiger partial charge in [0.25, 0.3) is 5.91 Å². The first-order chi connectivity index (χ1) is 8.67. The van der Waals surface area contributed by atoms with Crippen LogP contribution >= 0.6 is 0 Å². The number of ether oxygens (including phenoxy) is 1. The summed E-state index contributed by atoms with van der Waals surface area (Å²) < 4.78 is 5.37. The van der Waals surface area contributed by atoms with Gasteiger partial charge in [-0.1, -0.05) is 0 Å². The van der Waals surface area contributed by atoms with E-state index in [1.807, 2.05) is 18.7 Å². The highest BCUT2D eigenvalue weighted by Gasteiger charge is 2.31. The van der Waals surface area contributed by atoms with Crippen molar-refractivity contribution in [2.45, 2.75) is 32.7 Å². The molecule has 0 bridgehead atoms. The number of nitrogen functional groups attached to an aromatic ring is 1. The minimum absolute atomic E-state index is 0.0646. The summed E-state index contributed by atoms with van der Waals surface area (Å²) in [6.07, 6.45) is 2.23.